The predicted octanol–water partition coefficient (Wildman–Crippen LogP) is 2.15. The summed E-state index contributed by atoms with van der Waals surface area (Å²) in [5.74, 6) is 0. The van der Waals surface area contributed by atoms with Crippen LogP contribution >= 0.6 is 0 Å². The van der Waals surface area contributed by atoms with Gasteiger partial charge in [-0.15, -0.1) is 0 Å². The maximum Gasteiger partial charge on any atom is 0.0995 e. The summed E-state index contributed by atoms with van der Waals surface area (Å²) < 4.78 is 1.98. The predicted molar refractivity (Wildman–Crippen MR) is 58.9 cm³/mol. The molecule has 0 spiro atoms. The molecule has 0 saturated heterocycles. The van der Waals surface area contributed by atoms with Gasteiger partial charge in [-0.25, -0.2) is 4.98 Å². The molecule has 2 aromatic rings. The molecule has 0 bridgehead atoms. The van der Waals surface area contributed by atoms with E-state index in [4.69, 9.17) is 4.84 Å². The van der Waals surface area contributed by atoms with Gasteiger partial charge >= 0.3 is 0 Å². The summed E-state index contributed by atoms with van der Waals surface area (Å²) in [6, 6.07) is 7.91. The molecule has 0 amide bonds. The molecule has 0 unspecified atom stereocenters. The lowest BCUT2D eigenvalue weighted by Gasteiger charge is -2.05. The van der Waals surface area contributed by atoms with E-state index in [2.05, 4.69) is 10.5 Å². The zero-order valence-electron chi connectivity index (χ0n) is 8.77. The fourth-order valence-electron chi connectivity index (χ4n) is 1.38. The summed E-state index contributed by atoms with van der Waals surface area (Å²) in [7, 11) is 1.59. The third kappa shape index (κ3) is 2.16. The van der Waals surface area contributed by atoms with Crippen LogP contribution in [0.1, 0.15) is 5.69 Å². The lowest BCUT2D eigenvalue weighted by molar-refractivity contribution is 0.271. The minimum Gasteiger partial charge on any atom is -0.306 e. The molecular weight excluding hydrogens is 190 g/mol. The van der Waals surface area contributed by atoms with Crippen molar-refractivity contribution in [2.75, 3.05) is 12.6 Å². The van der Waals surface area contributed by atoms with Gasteiger partial charge in [-0.3, -0.25) is 10.3 Å². The van der Waals surface area contributed by atoms with Gasteiger partial charge < -0.3 is 4.57 Å². The summed E-state index contributed by atoms with van der Waals surface area (Å²) in [5.41, 5.74) is 5.78. The van der Waals surface area contributed by atoms with E-state index in [-0.39, 0.29) is 0 Å². The fraction of sp³-hybridized carbons (Fsp3) is 0.182. The van der Waals surface area contributed by atoms with Crippen molar-refractivity contribution >= 4 is 5.69 Å². The SMILES string of the molecule is CONc1ccc(-n2cnc(C)c2)cc1. The van der Waals surface area contributed by atoms with Gasteiger partial charge in [0.05, 0.1) is 24.8 Å². The van der Waals surface area contributed by atoms with E-state index in [9.17, 15) is 0 Å². The van der Waals surface area contributed by atoms with Crippen LogP contribution in [-0.4, -0.2) is 16.7 Å². The number of anilines is 1. The van der Waals surface area contributed by atoms with Crippen molar-refractivity contribution in [3.63, 3.8) is 0 Å². The quantitative estimate of drug-likeness (QED) is 0.777. The molecule has 0 aliphatic rings. The second-order valence-electron chi connectivity index (χ2n) is 3.28. The van der Waals surface area contributed by atoms with Gasteiger partial charge in [0.1, 0.15) is 0 Å². The van der Waals surface area contributed by atoms with Crippen molar-refractivity contribution in [2.24, 2.45) is 0 Å². The highest BCUT2D eigenvalue weighted by molar-refractivity contribution is 5.47. The molecule has 1 aromatic carbocycles. The fourth-order valence-corrected chi connectivity index (χ4v) is 1.38. The van der Waals surface area contributed by atoms with Crippen LogP contribution in [0.4, 0.5) is 5.69 Å². The first-order valence-corrected chi connectivity index (χ1v) is 4.69. The molecule has 1 aromatic heterocycles. The van der Waals surface area contributed by atoms with Crippen LogP contribution in [-0.2, 0) is 4.84 Å². The van der Waals surface area contributed by atoms with Gasteiger partial charge in [0.2, 0.25) is 0 Å². The molecule has 1 heterocycles. The van der Waals surface area contributed by atoms with Crippen LogP contribution in [0.25, 0.3) is 5.69 Å². The minimum atomic E-state index is 0.929. The van der Waals surface area contributed by atoms with Crippen molar-refractivity contribution in [2.45, 2.75) is 6.92 Å². The van der Waals surface area contributed by atoms with E-state index in [1.165, 1.54) is 0 Å². The summed E-state index contributed by atoms with van der Waals surface area (Å²) in [5, 5.41) is 0. The molecule has 0 radical (unpaired) electrons. The topological polar surface area (TPSA) is 39.1 Å². The number of aromatic nitrogens is 2. The van der Waals surface area contributed by atoms with Crippen LogP contribution < -0.4 is 5.48 Å². The first kappa shape index (κ1) is 9.73. The average molecular weight is 203 g/mol. The first-order chi connectivity index (χ1) is 7.29. The number of imidazole rings is 1. The van der Waals surface area contributed by atoms with Crippen LogP contribution in [0, 0.1) is 6.92 Å². The first-order valence-electron chi connectivity index (χ1n) is 4.69. The number of aryl methyl sites for hydroxylation is 1. The zero-order valence-corrected chi connectivity index (χ0v) is 8.77. The lowest BCUT2D eigenvalue weighted by atomic mass is 10.3. The summed E-state index contributed by atoms with van der Waals surface area (Å²) >= 11 is 0. The van der Waals surface area contributed by atoms with Crippen LogP contribution in [0.2, 0.25) is 0 Å². The molecule has 0 atom stereocenters. The highest BCUT2D eigenvalue weighted by atomic mass is 16.6. The Morgan fingerprint density at radius 2 is 2.00 bits per heavy atom. The molecule has 0 fully saturated rings. The maximum absolute atomic E-state index is 4.81. The molecule has 1 N–H and O–H groups in total. The molecule has 78 valence electrons. The third-order valence-corrected chi connectivity index (χ3v) is 2.10. The van der Waals surface area contributed by atoms with Gasteiger partial charge in [0.15, 0.2) is 0 Å². The maximum atomic E-state index is 4.81. The normalized spacial score (nSPS) is 10.3. The average Bonchev–Trinajstić information content (AvgIpc) is 2.67. The van der Waals surface area contributed by atoms with Gasteiger partial charge in [-0.2, -0.15) is 0 Å². The number of nitrogens with zero attached hydrogens (tertiary/aromatic N) is 2. The van der Waals surface area contributed by atoms with Crippen molar-refractivity contribution in [3.05, 3.63) is 42.5 Å². The van der Waals surface area contributed by atoms with E-state index >= 15 is 0 Å². The molecule has 4 nitrogen and oxygen atoms in total. The Bertz CT molecular complexity index is 433. The second kappa shape index (κ2) is 4.14. The van der Waals surface area contributed by atoms with E-state index in [0.29, 0.717) is 0 Å². The summed E-state index contributed by atoms with van der Waals surface area (Å²) in [4.78, 5) is 8.98. The molecule has 2 rings (SSSR count). The van der Waals surface area contributed by atoms with Gasteiger partial charge in [-0.1, -0.05) is 0 Å². The second-order valence-corrected chi connectivity index (χ2v) is 3.28. The van der Waals surface area contributed by atoms with Gasteiger partial charge in [0, 0.05) is 11.9 Å². The van der Waals surface area contributed by atoms with Crippen LogP contribution in [0.3, 0.4) is 0 Å². The molecule has 15 heavy (non-hydrogen) atoms. The third-order valence-electron chi connectivity index (χ3n) is 2.10. The smallest absolute Gasteiger partial charge is 0.0995 e. The van der Waals surface area contributed by atoms with Crippen LogP contribution in [0.5, 0.6) is 0 Å². The largest absolute Gasteiger partial charge is 0.306 e. The van der Waals surface area contributed by atoms with Gasteiger partial charge in [-0.05, 0) is 31.2 Å². The van der Waals surface area contributed by atoms with E-state index in [1.54, 1.807) is 13.4 Å². The van der Waals surface area contributed by atoms with E-state index < -0.39 is 0 Å². The van der Waals surface area contributed by atoms with Gasteiger partial charge in [0.25, 0.3) is 0 Å². The Hall–Kier alpha value is -1.81. The number of hydrogen-bond donors (Lipinski definition) is 1. The lowest BCUT2D eigenvalue weighted by Crippen LogP contribution is -1.96. The molecular formula is C11H13N3O. The Balaban J connectivity index is 2.23. The minimum absolute atomic E-state index is 0.929. The summed E-state index contributed by atoms with van der Waals surface area (Å²) in [6.07, 6.45) is 3.78. The zero-order chi connectivity index (χ0) is 10.7. The number of hydrogen-bond acceptors (Lipinski definition) is 3. The Kier molecular flexibility index (Phi) is 2.69. The number of rotatable bonds is 3. The molecule has 4 heteroatoms. The van der Waals surface area contributed by atoms with E-state index in [0.717, 1.165) is 17.1 Å². The monoisotopic (exact) mass is 203 g/mol. The van der Waals surface area contributed by atoms with Crippen molar-refractivity contribution in [1.82, 2.24) is 9.55 Å². The summed E-state index contributed by atoms with van der Waals surface area (Å²) in [6.45, 7) is 1.97. The van der Waals surface area contributed by atoms with Crippen molar-refractivity contribution < 1.29 is 4.84 Å². The Labute approximate surface area is 88.5 Å². The number of benzene rings is 1. The molecule has 0 aliphatic heterocycles. The molecule has 0 saturated carbocycles. The highest BCUT2D eigenvalue weighted by Crippen LogP contribution is 2.13. The molecule has 0 aliphatic carbocycles. The Morgan fingerprint density at radius 1 is 1.27 bits per heavy atom. The number of nitrogens with one attached hydrogen (secondary N) is 1. The Morgan fingerprint density at radius 3 is 2.53 bits per heavy atom. The standard InChI is InChI=1S/C11H13N3O/c1-9-7-14(8-12-9)11-5-3-10(4-6-11)13-15-2/h3-8,13H,1-2H3. The van der Waals surface area contributed by atoms with E-state index in [1.807, 2.05) is 42.0 Å². The van der Waals surface area contributed by atoms with Crippen molar-refractivity contribution in [1.29, 1.82) is 0 Å². The van der Waals surface area contributed by atoms with Crippen molar-refractivity contribution in [3.8, 4) is 5.69 Å². The van der Waals surface area contributed by atoms with Crippen LogP contribution in [0.15, 0.2) is 36.8 Å². The highest BCUT2D eigenvalue weighted by Gasteiger charge is 1.97.